The molecule has 1 aliphatic rings. The molecular formula is C17H23ClN4O2. The maximum Gasteiger partial charge on any atom is 0.258 e. The second-order valence-corrected chi connectivity index (χ2v) is 6.13. The number of carbonyl (C=O) groups excluding carboxylic acids is 1. The van der Waals surface area contributed by atoms with Crippen LogP contribution in [0.25, 0.3) is 10.9 Å². The standard InChI is InChI=1S/C17H22N4O2.ClH/c18-12-5-4-10-21(11-12)16(22)9-3-8-15-19-14-7-2-1-6-13(14)17(23)20-15;/h1-2,6-7,12H,3-5,8-11,18H2,(H,19,20,23);1H. The molecule has 1 unspecified atom stereocenters. The van der Waals surface area contributed by atoms with Gasteiger partial charge in [-0.3, -0.25) is 9.59 Å². The van der Waals surface area contributed by atoms with Crippen LogP contribution in [0, 0.1) is 0 Å². The van der Waals surface area contributed by atoms with Gasteiger partial charge in [-0.05, 0) is 31.4 Å². The Labute approximate surface area is 146 Å². The number of hydrogen-bond acceptors (Lipinski definition) is 4. The zero-order valence-corrected chi connectivity index (χ0v) is 14.3. The average Bonchev–Trinajstić information content (AvgIpc) is 2.55. The van der Waals surface area contributed by atoms with Gasteiger partial charge >= 0.3 is 0 Å². The molecule has 130 valence electrons. The second-order valence-electron chi connectivity index (χ2n) is 6.13. The maximum atomic E-state index is 12.2. The van der Waals surface area contributed by atoms with E-state index in [2.05, 4.69) is 9.97 Å². The fraction of sp³-hybridized carbons (Fsp3) is 0.471. The highest BCUT2D eigenvalue weighted by molar-refractivity contribution is 5.85. The van der Waals surface area contributed by atoms with E-state index in [0.29, 0.717) is 42.5 Å². The molecule has 2 aromatic rings. The van der Waals surface area contributed by atoms with E-state index in [4.69, 9.17) is 5.73 Å². The van der Waals surface area contributed by atoms with Crippen LogP contribution in [0.2, 0.25) is 0 Å². The number of H-pyrrole nitrogens is 1. The topological polar surface area (TPSA) is 92.1 Å². The van der Waals surface area contributed by atoms with Gasteiger partial charge in [0.05, 0.1) is 10.9 Å². The molecule has 0 aliphatic carbocycles. The summed E-state index contributed by atoms with van der Waals surface area (Å²) in [6.07, 6.45) is 3.69. The lowest BCUT2D eigenvalue weighted by molar-refractivity contribution is -0.132. The molecular weight excluding hydrogens is 328 g/mol. The quantitative estimate of drug-likeness (QED) is 0.876. The molecule has 0 bridgehead atoms. The van der Waals surface area contributed by atoms with Crippen molar-refractivity contribution in [1.82, 2.24) is 14.9 Å². The number of fused-ring (bicyclic) bond motifs is 1. The van der Waals surface area contributed by atoms with Crippen LogP contribution in [0.1, 0.15) is 31.5 Å². The number of rotatable bonds is 4. The van der Waals surface area contributed by atoms with Gasteiger partial charge in [0.2, 0.25) is 5.91 Å². The Hall–Kier alpha value is -1.92. The van der Waals surface area contributed by atoms with Crippen molar-refractivity contribution in [2.75, 3.05) is 13.1 Å². The third kappa shape index (κ3) is 4.33. The number of aromatic nitrogens is 2. The average molecular weight is 351 g/mol. The summed E-state index contributed by atoms with van der Waals surface area (Å²) in [5.74, 6) is 0.778. The number of para-hydroxylation sites is 1. The van der Waals surface area contributed by atoms with Gasteiger partial charge in [-0.25, -0.2) is 4.98 Å². The van der Waals surface area contributed by atoms with Crippen LogP contribution in [-0.2, 0) is 11.2 Å². The monoisotopic (exact) mass is 350 g/mol. The van der Waals surface area contributed by atoms with E-state index in [-0.39, 0.29) is 29.9 Å². The van der Waals surface area contributed by atoms with Gasteiger partial charge in [-0.2, -0.15) is 0 Å². The summed E-state index contributed by atoms with van der Waals surface area (Å²) in [6.45, 7) is 1.46. The predicted octanol–water partition coefficient (Wildman–Crippen LogP) is 1.62. The van der Waals surface area contributed by atoms with E-state index in [9.17, 15) is 9.59 Å². The Bertz CT molecular complexity index is 762. The number of benzene rings is 1. The Morgan fingerprint density at radius 1 is 1.38 bits per heavy atom. The highest BCUT2D eigenvalue weighted by Crippen LogP contribution is 2.12. The number of nitrogens with two attached hydrogens (primary N) is 1. The SMILES string of the molecule is Cl.NC1CCCN(C(=O)CCCc2nc3ccccc3c(=O)[nH]2)C1. The summed E-state index contributed by atoms with van der Waals surface area (Å²) in [4.78, 5) is 33.3. The van der Waals surface area contributed by atoms with Gasteiger partial charge in [0.25, 0.3) is 5.56 Å². The molecule has 1 aromatic heterocycles. The van der Waals surface area contributed by atoms with Crippen molar-refractivity contribution in [1.29, 1.82) is 0 Å². The van der Waals surface area contributed by atoms with E-state index in [1.54, 1.807) is 6.07 Å². The molecule has 24 heavy (non-hydrogen) atoms. The van der Waals surface area contributed by atoms with Gasteiger partial charge in [0.15, 0.2) is 0 Å². The minimum absolute atomic E-state index is 0. The van der Waals surface area contributed by atoms with Crippen molar-refractivity contribution in [2.45, 2.75) is 38.1 Å². The fourth-order valence-electron chi connectivity index (χ4n) is 3.05. The molecule has 2 heterocycles. The van der Waals surface area contributed by atoms with E-state index in [1.165, 1.54) is 0 Å². The molecule has 1 amide bonds. The lowest BCUT2D eigenvalue weighted by Gasteiger charge is -2.30. The molecule has 6 nitrogen and oxygen atoms in total. The minimum atomic E-state index is -0.126. The molecule has 1 fully saturated rings. The zero-order valence-electron chi connectivity index (χ0n) is 13.5. The van der Waals surface area contributed by atoms with Crippen molar-refractivity contribution in [3.05, 3.63) is 40.4 Å². The molecule has 0 radical (unpaired) electrons. The molecule has 1 aromatic carbocycles. The minimum Gasteiger partial charge on any atom is -0.341 e. The molecule has 3 N–H and O–H groups in total. The molecule has 0 saturated carbocycles. The van der Waals surface area contributed by atoms with Crippen molar-refractivity contribution >= 4 is 29.2 Å². The first-order valence-corrected chi connectivity index (χ1v) is 8.15. The van der Waals surface area contributed by atoms with Gasteiger partial charge in [0, 0.05) is 32.0 Å². The summed E-state index contributed by atoms with van der Waals surface area (Å²) in [6, 6.07) is 7.37. The number of halogens is 1. The molecule has 3 rings (SSSR count). The Morgan fingerprint density at radius 3 is 2.96 bits per heavy atom. The predicted molar refractivity (Wildman–Crippen MR) is 96.3 cm³/mol. The maximum absolute atomic E-state index is 12.2. The molecule has 0 spiro atoms. The van der Waals surface area contributed by atoms with Crippen LogP contribution >= 0.6 is 12.4 Å². The highest BCUT2D eigenvalue weighted by atomic mass is 35.5. The number of nitrogens with zero attached hydrogens (tertiary/aromatic N) is 2. The number of aryl methyl sites for hydroxylation is 1. The van der Waals surface area contributed by atoms with Gasteiger partial charge in [-0.1, -0.05) is 12.1 Å². The van der Waals surface area contributed by atoms with Gasteiger partial charge in [0.1, 0.15) is 5.82 Å². The molecule has 7 heteroatoms. The summed E-state index contributed by atoms with van der Waals surface area (Å²) in [7, 11) is 0. The first kappa shape index (κ1) is 18.4. The summed E-state index contributed by atoms with van der Waals surface area (Å²) in [5, 5.41) is 0.592. The normalized spacial score (nSPS) is 17.5. The molecule has 1 aliphatic heterocycles. The third-order valence-corrected chi connectivity index (χ3v) is 4.28. The summed E-state index contributed by atoms with van der Waals surface area (Å²) < 4.78 is 0. The van der Waals surface area contributed by atoms with Gasteiger partial charge < -0.3 is 15.6 Å². The van der Waals surface area contributed by atoms with Crippen LogP contribution < -0.4 is 11.3 Å². The number of carbonyl (C=O) groups is 1. The number of aromatic amines is 1. The fourth-order valence-corrected chi connectivity index (χ4v) is 3.05. The van der Waals surface area contributed by atoms with Crippen molar-refractivity contribution in [2.24, 2.45) is 5.73 Å². The number of amides is 1. The number of nitrogens with one attached hydrogen (secondary N) is 1. The Morgan fingerprint density at radius 2 is 2.17 bits per heavy atom. The van der Waals surface area contributed by atoms with Crippen LogP contribution in [0.3, 0.4) is 0 Å². The lowest BCUT2D eigenvalue weighted by atomic mass is 10.1. The summed E-state index contributed by atoms with van der Waals surface area (Å²) >= 11 is 0. The van der Waals surface area contributed by atoms with Gasteiger partial charge in [-0.15, -0.1) is 12.4 Å². The largest absolute Gasteiger partial charge is 0.341 e. The van der Waals surface area contributed by atoms with Crippen LogP contribution in [0.15, 0.2) is 29.1 Å². The molecule has 1 saturated heterocycles. The third-order valence-electron chi connectivity index (χ3n) is 4.28. The Balaban J connectivity index is 0.00000208. The van der Waals surface area contributed by atoms with E-state index >= 15 is 0 Å². The smallest absolute Gasteiger partial charge is 0.258 e. The zero-order chi connectivity index (χ0) is 16.2. The number of piperidine rings is 1. The van der Waals surface area contributed by atoms with E-state index in [1.807, 2.05) is 23.1 Å². The number of likely N-dealkylation sites (tertiary alicyclic amines) is 1. The number of hydrogen-bond donors (Lipinski definition) is 2. The van der Waals surface area contributed by atoms with Crippen molar-refractivity contribution < 1.29 is 4.79 Å². The van der Waals surface area contributed by atoms with E-state index in [0.717, 1.165) is 19.4 Å². The van der Waals surface area contributed by atoms with E-state index < -0.39 is 0 Å². The van der Waals surface area contributed by atoms with Crippen LogP contribution in [0.5, 0.6) is 0 Å². The van der Waals surface area contributed by atoms with Crippen LogP contribution in [0.4, 0.5) is 0 Å². The first-order valence-electron chi connectivity index (χ1n) is 8.15. The molecule has 1 atom stereocenters. The lowest BCUT2D eigenvalue weighted by Crippen LogP contribution is -2.45. The highest BCUT2D eigenvalue weighted by Gasteiger charge is 2.20. The van der Waals surface area contributed by atoms with Crippen molar-refractivity contribution in [3.63, 3.8) is 0 Å². The Kier molecular flexibility index (Phi) is 6.34. The first-order chi connectivity index (χ1) is 11.1. The van der Waals surface area contributed by atoms with Crippen LogP contribution in [-0.4, -0.2) is 39.9 Å². The summed E-state index contributed by atoms with van der Waals surface area (Å²) in [5.41, 5.74) is 6.48. The van der Waals surface area contributed by atoms with Crippen molar-refractivity contribution in [3.8, 4) is 0 Å². The second kappa shape index (κ2) is 8.26.